The molecule has 2 rings (SSSR count). The van der Waals surface area contributed by atoms with E-state index in [9.17, 15) is 4.39 Å². The highest BCUT2D eigenvalue weighted by Crippen LogP contribution is 2.22. The molecule has 0 fully saturated rings. The van der Waals surface area contributed by atoms with E-state index in [2.05, 4.69) is 20.9 Å². The number of nitrogens with zero attached hydrogens (tertiary/aromatic N) is 2. The molecule has 1 aromatic heterocycles. The first-order chi connectivity index (χ1) is 9.70. The van der Waals surface area contributed by atoms with Crippen LogP contribution < -0.4 is 0 Å². The van der Waals surface area contributed by atoms with Crippen LogP contribution >= 0.6 is 15.9 Å². The van der Waals surface area contributed by atoms with Gasteiger partial charge in [-0.2, -0.15) is 0 Å². The van der Waals surface area contributed by atoms with Crippen LogP contribution in [0.4, 0.5) is 4.39 Å². The predicted octanol–water partition coefficient (Wildman–Crippen LogP) is 2.98. The number of halogens is 2. The Morgan fingerprint density at radius 1 is 1.20 bits per heavy atom. The van der Waals surface area contributed by atoms with E-state index in [0.29, 0.717) is 25.2 Å². The van der Waals surface area contributed by atoms with Crippen LogP contribution in [-0.4, -0.2) is 28.1 Å². The van der Waals surface area contributed by atoms with E-state index in [0.717, 1.165) is 10.0 Å². The van der Waals surface area contributed by atoms with Gasteiger partial charge in [0.1, 0.15) is 5.82 Å². The lowest BCUT2D eigenvalue weighted by atomic mass is 10.2. The number of aliphatic hydroxyl groups is 1. The summed E-state index contributed by atoms with van der Waals surface area (Å²) in [5, 5.41) is 9.17. The predicted molar refractivity (Wildman–Crippen MR) is 79.5 cm³/mol. The first kappa shape index (κ1) is 15.1. The number of rotatable bonds is 6. The Morgan fingerprint density at radius 2 is 2.05 bits per heavy atom. The van der Waals surface area contributed by atoms with Gasteiger partial charge in [0.15, 0.2) is 0 Å². The third-order valence-electron chi connectivity index (χ3n) is 2.99. The molecule has 0 aliphatic rings. The van der Waals surface area contributed by atoms with Crippen LogP contribution in [0.2, 0.25) is 0 Å². The standard InChI is InChI=1S/C15H16BrFN2O/c16-14-4-1-5-15(17)13(14)11-19(7-8-20)10-12-3-2-6-18-9-12/h1-6,9,20H,7-8,10-11H2. The SMILES string of the molecule is OCCN(Cc1cccnc1)Cc1c(F)cccc1Br. The molecule has 5 heteroatoms. The molecular formula is C15H16BrFN2O. The minimum atomic E-state index is -0.242. The van der Waals surface area contributed by atoms with Crippen LogP contribution in [0.1, 0.15) is 11.1 Å². The van der Waals surface area contributed by atoms with Crippen LogP contribution in [0.25, 0.3) is 0 Å². The summed E-state index contributed by atoms with van der Waals surface area (Å²) in [4.78, 5) is 6.05. The molecule has 20 heavy (non-hydrogen) atoms. The number of hydrogen-bond acceptors (Lipinski definition) is 3. The van der Waals surface area contributed by atoms with Gasteiger partial charge in [0, 0.05) is 42.1 Å². The number of aromatic nitrogens is 1. The minimum Gasteiger partial charge on any atom is -0.395 e. The number of aliphatic hydroxyl groups excluding tert-OH is 1. The highest BCUT2D eigenvalue weighted by atomic mass is 79.9. The molecule has 0 unspecified atom stereocenters. The Bertz CT molecular complexity index is 531. The second kappa shape index (κ2) is 7.47. The van der Waals surface area contributed by atoms with Gasteiger partial charge in [0.2, 0.25) is 0 Å². The van der Waals surface area contributed by atoms with Gasteiger partial charge in [-0.15, -0.1) is 0 Å². The second-order valence-electron chi connectivity index (χ2n) is 4.50. The van der Waals surface area contributed by atoms with Crippen molar-refractivity contribution < 1.29 is 9.50 Å². The van der Waals surface area contributed by atoms with Gasteiger partial charge in [-0.1, -0.05) is 28.1 Å². The molecule has 1 aromatic carbocycles. The molecule has 2 aromatic rings. The largest absolute Gasteiger partial charge is 0.395 e. The van der Waals surface area contributed by atoms with Crippen LogP contribution in [0.5, 0.6) is 0 Å². The lowest BCUT2D eigenvalue weighted by molar-refractivity contribution is 0.182. The molecule has 0 amide bonds. The summed E-state index contributed by atoms with van der Waals surface area (Å²) >= 11 is 3.37. The Balaban J connectivity index is 2.13. The zero-order chi connectivity index (χ0) is 14.4. The maximum Gasteiger partial charge on any atom is 0.128 e. The van der Waals surface area contributed by atoms with Gasteiger partial charge in [0.05, 0.1) is 6.61 Å². The topological polar surface area (TPSA) is 36.4 Å². The van der Waals surface area contributed by atoms with E-state index >= 15 is 0 Å². The van der Waals surface area contributed by atoms with Crippen molar-refractivity contribution in [3.8, 4) is 0 Å². The monoisotopic (exact) mass is 338 g/mol. The molecule has 3 nitrogen and oxygen atoms in total. The molecule has 1 heterocycles. The maximum absolute atomic E-state index is 13.9. The number of benzene rings is 1. The molecule has 1 N–H and O–H groups in total. The lowest BCUT2D eigenvalue weighted by Crippen LogP contribution is -2.26. The van der Waals surface area contributed by atoms with Gasteiger partial charge in [-0.3, -0.25) is 9.88 Å². The summed E-state index contributed by atoms with van der Waals surface area (Å²) in [6, 6.07) is 8.76. The van der Waals surface area contributed by atoms with E-state index in [4.69, 9.17) is 5.11 Å². The average Bonchev–Trinajstić information content (AvgIpc) is 2.44. The van der Waals surface area contributed by atoms with Crippen molar-refractivity contribution in [2.24, 2.45) is 0 Å². The molecular weight excluding hydrogens is 323 g/mol. The van der Waals surface area contributed by atoms with Crippen molar-refractivity contribution in [1.29, 1.82) is 0 Å². The summed E-state index contributed by atoms with van der Waals surface area (Å²) in [6.45, 7) is 1.57. The van der Waals surface area contributed by atoms with Gasteiger partial charge >= 0.3 is 0 Å². The van der Waals surface area contributed by atoms with Crippen molar-refractivity contribution in [1.82, 2.24) is 9.88 Å². The molecule has 0 saturated heterocycles. The van der Waals surface area contributed by atoms with Gasteiger partial charge in [-0.25, -0.2) is 4.39 Å². The quantitative estimate of drug-likeness (QED) is 0.879. The fourth-order valence-corrected chi connectivity index (χ4v) is 2.48. The molecule has 0 bridgehead atoms. The lowest BCUT2D eigenvalue weighted by Gasteiger charge is -2.22. The average molecular weight is 339 g/mol. The van der Waals surface area contributed by atoms with Crippen LogP contribution in [0, 0.1) is 5.82 Å². The van der Waals surface area contributed by atoms with E-state index < -0.39 is 0 Å². The molecule has 106 valence electrons. The summed E-state index contributed by atoms with van der Waals surface area (Å²) < 4.78 is 14.6. The number of pyridine rings is 1. The fraction of sp³-hybridized carbons (Fsp3) is 0.267. The molecule has 0 saturated carbocycles. The first-order valence-electron chi connectivity index (χ1n) is 6.35. The van der Waals surface area contributed by atoms with E-state index in [1.54, 1.807) is 18.5 Å². The fourth-order valence-electron chi connectivity index (χ4n) is 2.01. The van der Waals surface area contributed by atoms with Crippen LogP contribution in [0.15, 0.2) is 47.2 Å². The van der Waals surface area contributed by atoms with Gasteiger partial charge in [-0.05, 0) is 23.8 Å². The van der Waals surface area contributed by atoms with Gasteiger partial charge in [0.25, 0.3) is 0 Å². The minimum absolute atomic E-state index is 0.0341. The Labute approximate surface area is 126 Å². The maximum atomic E-state index is 13.9. The Morgan fingerprint density at radius 3 is 2.70 bits per heavy atom. The molecule has 0 radical (unpaired) electrons. The van der Waals surface area contributed by atoms with E-state index in [1.165, 1.54) is 6.07 Å². The van der Waals surface area contributed by atoms with Crippen LogP contribution in [-0.2, 0) is 13.1 Å². The van der Waals surface area contributed by atoms with Crippen molar-refractivity contribution in [2.45, 2.75) is 13.1 Å². The molecule has 0 atom stereocenters. The summed E-state index contributed by atoms with van der Waals surface area (Å²) in [5.41, 5.74) is 1.64. The zero-order valence-corrected chi connectivity index (χ0v) is 12.6. The highest BCUT2D eigenvalue weighted by Gasteiger charge is 2.12. The summed E-state index contributed by atoms with van der Waals surface area (Å²) in [7, 11) is 0. The molecule has 0 spiro atoms. The third-order valence-corrected chi connectivity index (χ3v) is 3.73. The first-order valence-corrected chi connectivity index (χ1v) is 7.15. The van der Waals surface area contributed by atoms with Crippen LogP contribution in [0.3, 0.4) is 0 Å². The normalized spacial score (nSPS) is 11.0. The molecule has 0 aliphatic carbocycles. The Hall–Kier alpha value is -1.30. The van der Waals surface area contributed by atoms with E-state index in [1.807, 2.05) is 23.1 Å². The third kappa shape index (κ3) is 4.10. The van der Waals surface area contributed by atoms with Crippen molar-refractivity contribution in [2.75, 3.05) is 13.2 Å². The van der Waals surface area contributed by atoms with E-state index in [-0.39, 0.29) is 12.4 Å². The summed E-state index contributed by atoms with van der Waals surface area (Å²) in [6.07, 6.45) is 3.49. The van der Waals surface area contributed by atoms with Crippen molar-refractivity contribution >= 4 is 15.9 Å². The Kier molecular flexibility index (Phi) is 5.64. The summed E-state index contributed by atoms with van der Waals surface area (Å²) in [5.74, 6) is -0.242. The van der Waals surface area contributed by atoms with Crippen molar-refractivity contribution in [3.63, 3.8) is 0 Å². The molecule has 0 aliphatic heterocycles. The number of hydrogen-bond donors (Lipinski definition) is 1. The second-order valence-corrected chi connectivity index (χ2v) is 5.35. The zero-order valence-electron chi connectivity index (χ0n) is 11.0. The van der Waals surface area contributed by atoms with Gasteiger partial charge < -0.3 is 5.11 Å². The van der Waals surface area contributed by atoms with Crippen molar-refractivity contribution in [3.05, 3.63) is 64.1 Å². The smallest absolute Gasteiger partial charge is 0.128 e. The highest BCUT2D eigenvalue weighted by molar-refractivity contribution is 9.10.